The second kappa shape index (κ2) is 6.78. The smallest absolute Gasteiger partial charge is 0.323 e. The second-order valence-corrected chi connectivity index (χ2v) is 4.24. The minimum Gasteiger partial charge on any atom is -0.497 e. The van der Waals surface area contributed by atoms with Gasteiger partial charge >= 0.3 is 5.97 Å². The van der Waals surface area contributed by atoms with E-state index in [1.165, 1.54) is 4.90 Å². The van der Waals surface area contributed by atoms with Crippen LogP contribution in [0.1, 0.15) is 25.3 Å². The Labute approximate surface area is 112 Å². The SMILES string of the molecule is CCN(CC(=O)O)C(=O)C(C)c1cccc(OC)c1. The number of carbonyl (C=O) groups is 2. The Kier molecular flexibility index (Phi) is 5.36. The highest BCUT2D eigenvalue weighted by atomic mass is 16.5. The van der Waals surface area contributed by atoms with Gasteiger partial charge in [-0.3, -0.25) is 9.59 Å². The third-order valence-electron chi connectivity index (χ3n) is 2.98. The zero-order chi connectivity index (χ0) is 14.4. The average molecular weight is 265 g/mol. The summed E-state index contributed by atoms with van der Waals surface area (Å²) >= 11 is 0. The number of carboxylic acid groups (broad SMARTS) is 1. The third-order valence-corrected chi connectivity index (χ3v) is 2.98. The van der Waals surface area contributed by atoms with Crippen molar-refractivity contribution < 1.29 is 19.4 Å². The highest BCUT2D eigenvalue weighted by Gasteiger charge is 2.22. The number of carbonyl (C=O) groups excluding carboxylic acids is 1. The molecular weight excluding hydrogens is 246 g/mol. The van der Waals surface area contributed by atoms with Crippen LogP contribution in [-0.4, -0.2) is 42.1 Å². The van der Waals surface area contributed by atoms with Crippen molar-refractivity contribution in [2.45, 2.75) is 19.8 Å². The van der Waals surface area contributed by atoms with E-state index >= 15 is 0 Å². The Morgan fingerprint density at radius 2 is 2.11 bits per heavy atom. The molecule has 1 rings (SSSR count). The summed E-state index contributed by atoms with van der Waals surface area (Å²) in [5, 5.41) is 8.78. The van der Waals surface area contributed by atoms with Crippen molar-refractivity contribution in [1.29, 1.82) is 0 Å². The topological polar surface area (TPSA) is 66.8 Å². The van der Waals surface area contributed by atoms with Gasteiger partial charge in [-0.1, -0.05) is 12.1 Å². The highest BCUT2D eigenvalue weighted by molar-refractivity contribution is 5.86. The summed E-state index contributed by atoms with van der Waals surface area (Å²) in [6.45, 7) is 3.63. The molecule has 0 aliphatic rings. The van der Waals surface area contributed by atoms with Crippen molar-refractivity contribution in [2.75, 3.05) is 20.2 Å². The molecule has 1 N–H and O–H groups in total. The van der Waals surface area contributed by atoms with Crippen molar-refractivity contribution in [3.8, 4) is 5.75 Å². The first-order chi connectivity index (χ1) is 8.99. The number of ether oxygens (including phenoxy) is 1. The van der Waals surface area contributed by atoms with Crippen molar-refractivity contribution in [2.24, 2.45) is 0 Å². The quantitative estimate of drug-likeness (QED) is 0.850. The number of aliphatic carboxylic acids is 1. The molecule has 0 bridgehead atoms. The fraction of sp³-hybridized carbons (Fsp3) is 0.429. The maximum Gasteiger partial charge on any atom is 0.323 e. The number of hydrogen-bond acceptors (Lipinski definition) is 3. The number of benzene rings is 1. The summed E-state index contributed by atoms with van der Waals surface area (Å²) in [6.07, 6.45) is 0. The molecule has 19 heavy (non-hydrogen) atoms. The van der Waals surface area contributed by atoms with Gasteiger partial charge in [0, 0.05) is 6.54 Å². The lowest BCUT2D eigenvalue weighted by molar-refractivity contribution is -0.144. The second-order valence-electron chi connectivity index (χ2n) is 4.24. The maximum absolute atomic E-state index is 12.2. The number of amides is 1. The standard InChI is InChI=1S/C14H19NO4/c1-4-15(9-13(16)17)14(18)10(2)11-6-5-7-12(8-11)19-3/h5-8,10H,4,9H2,1-3H3,(H,16,17). The number of hydrogen-bond donors (Lipinski definition) is 1. The predicted molar refractivity (Wildman–Crippen MR) is 71.3 cm³/mol. The van der Waals surface area contributed by atoms with Crippen LogP contribution in [0.5, 0.6) is 5.75 Å². The van der Waals surface area contributed by atoms with Crippen LogP contribution in [0.3, 0.4) is 0 Å². The van der Waals surface area contributed by atoms with Crippen LogP contribution in [0.15, 0.2) is 24.3 Å². The first kappa shape index (κ1) is 15.0. The molecule has 1 amide bonds. The van der Waals surface area contributed by atoms with E-state index in [1.807, 2.05) is 12.1 Å². The Bertz CT molecular complexity index is 459. The Hall–Kier alpha value is -2.04. The first-order valence-corrected chi connectivity index (χ1v) is 6.14. The van der Waals surface area contributed by atoms with Gasteiger partial charge in [-0.05, 0) is 31.5 Å². The third kappa shape index (κ3) is 3.98. The molecule has 1 atom stereocenters. The van der Waals surface area contributed by atoms with Gasteiger partial charge in [-0.15, -0.1) is 0 Å². The fourth-order valence-electron chi connectivity index (χ4n) is 1.84. The molecule has 1 aromatic carbocycles. The fourth-order valence-corrected chi connectivity index (χ4v) is 1.84. The Morgan fingerprint density at radius 3 is 2.63 bits per heavy atom. The summed E-state index contributed by atoms with van der Waals surface area (Å²) in [7, 11) is 1.56. The molecule has 0 aliphatic heterocycles. The van der Waals surface area contributed by atoms with Gasteiger partial charge in [-0.25, -0.2) is 0 Å². The summed E-state index contributed by atoms with van der Waals surface area (Å²) in [6, 6.07) is 7.23. The van der Waals surface area contributed by atoms with Gasteiger partial charge in [0.1, 0.15) is 12.3 Å². The molecule has 0 aromatic heterocycles. The van der Waals surface area contributed by atoms with Crippen LogP contribution >= 0.6 is 0 Å². The van der Waals surface area contributed by atoms with E-state index in [9.17, 15) is 9.59 Å². The molecule has 0 radical (unpaired) electrons. The molecule has 0 saturated carbocycles. The van der Waals surface area contributed by atoms with E-state index in [1.54, 1.807) is 33.1 Å². The van der Waals surface area contributed by atoms with Gasteiger partial charge in [0.25, 0.3) is 0 Å². The monoisotopic (exact) mass is 265 g/mol. The first-order valence-electron chi connectivity index (χ1n) is 6.14. The highest BCUT2D eigenvalue weighted by Crippen LogP contribution is 2.22. The number of rotatable bonds is 6. The van der Waals surface area contributed by atoms with E-state index in [-0.39, 0.29) is 12.5 Å². The zero-order valence-electron chi connectivity index (χ0n) is 11.4. The molecule has 1 unspecified atom stereocenters. The minimum atomic E-state index is -1.01. The van der Waals surface area contributed by atoms with E-state index in [4.69, 9.17) is 9.84 Å². The van der Waals surface area contributed by atoms with Gasteiger partial charge in [-0.2, -0.15) is 0 Å². The molecule has 0 saturated heterocycles. The lowest BCUT2D eigenvalue weighted by atomic mass is 9.99. The summed E-state index contributed by atoms with van der Waals surface area (Å²) in [5.74, 6) is -0.918. The van der Waals surface area contributed by atoms with Crippen LogP contribution in [0, 0.1) is 0 Å². The van der Waals surface area contributed by atoms with Crippen LogP contribution in [0.25, 0.3) is 0 Å². The maximum atomic E-state index is 12.2. The van der Waals surface area contributed by atoms with Gasteiger partial charge < -0.3 is 14.7 Å². The molecule has 0 spiro atoms. The van der Waals surface area contributed by atoms with E-state index in [0.717, 1.165) is 5.56 Å². The average Bonchev–Trinajstić information content (AvgIpc) is 2.43. The molecule has 0 aliphatic carbocycles. The van der Waals surface area contributed by atoms with E-state index in [2.05, 4.69) is 0 Å². The molecule has 5 heteroatoms. The molecule has 1 aromatic rings. The summed E-state index contributed by atoms with van der Waals surface area (Å²) in [5.41, 5.74) is 0.813. The van der Waals surface area contributed by atoms with Crippen LogP contribution in [-0.2, 0) is 9.59 Å². The number of methoxy groups -OCH3 is 1. The number of nitrogens with zero attached hydrogens (tertiary/aromatic N) is 1. The predicted octanol–water partition coefficient (Wildman–Crippen LogP) is 1.73. The van der Waals surface area contributed by atoms with Crippen LogP contribution in [0.2, 0.25) is 0 Å². The number of carboxylic acids is 1. The molecular formula is C14H19NO4. The largest absolute Gasteiger partial charge is 0.497 e. The van der Waals surface area contributed by atoms with Crippen molar-refractivity contribution in [3.05, 3.63) is 29.8 Å². The van der Waals surface area contributed by atoms with Crippen LogP contribution in [0.4, 0.5) is 0 Å². The van der Waals surface area contributed by atoms with Gasteiger partial charge in [0.05, 0.1) is 13.0 Å². The zero-order valence-corrected chi connectivity index (χ0v) is 11.4. The molecule has 5 nitrogen and oxygen atoms in total. The Balaban J connectivity index is 2.87. The summed E-state index contributed by atoms with van der Waals surface area (Å²) in [4.78, 5) is 24.3. The van der Waals surface area contributed by atoms with Gasteiger partial charge in [0.2, 0.25) is 5.91 Å². The molecule has 0 fully saturated rings. The Morgan fingerprint density at radius 1 is 1.42 bits per heavy atom. The van der Waals surface area contributed by atoms with Gasteiger partial charge in [0.15, 0.2) is 0 Å². The van der Waals surface area contributed by atoms with E-state index < -0.39 is 11.9 Å². The van der Waals surface area contributed by atoms with Crippen molar-refractivity contribution in [3.63, 3.8) is 0 Å². The van der Waals surface area contributed by atoms with Crippen molar-refractivity contribution in [1.82, 2.24) is 4.90 Å². The lowest BCUT2D eigenvalue weighted by Gasteiger charge is -2.23. The summed E-state index contributed by atoms with van der Waals surface area (Å²) < 4.78 is 5.12. The lowest BCUT2D eigenvalue weighted by Crippen LogP contribution is -2.38. The van der Waals surface area contributed by atoms with E-state index in [0.29, 0.717) is 12.3 Å². The molecule has 0 heterocycles. The minimum absolute atomic E-state index is 0.196. The molecule has 104 valence electrons. The van der Waals surface area contributed by atoms with Crippen LogP contribution < -0.4 is 4.74 Å². The normalized spacial score (nSPS) is 11.7. The van der Waals surface area contributed by atoms with Crippen molar-refractivity contribution >= 4 is 11.9 Å². The number of likely N-dealkylation sites (N-methyl/N-ethyl adjacent to an activating group) is 1.